The second-order valence-electron chi connectivity index (χ2n) is 4.86. The number of nitrogens with one attached hydrogen (secondary N) is 1. The molecule has 24 heavy (non-hydrogen) atoms. The number of benzene rings is 2. The normalized spacial score (nSPS) is 10.1. The molecule has 0 spiro atoms. The van der Waals surface area contributed by atoms with E-state index < -0.39 is 5.97 Å². The number of amides is 1. The molecule has 0 aliphatic rings. The molecule has 0 aliphatic heterocycles. The molecule has 2 N–H and O–H groups in total. The minimum Gasteiger partial charge on any atom is -0.496 e. The van der Waals surface area contributed by atoms with Crippen molar-refractivity contribution in [1.29, 1.82) is 0 Å². The molecule has 0 fully saturated rings. The van der Waals surface area contributed by atoms with Gasteiger partial charge in [0, 0.05) is 6.54 Å². The van der Waals surface area contributed by atoms with Gasteiger partial charge in [0.25, 0.3) is 5.91 Å². The Kier molecular flexibility index (Phi) is 5.73. The number of halogens is 1. The van der Waals surface area contributed by atoms with Crippen LogP contribution in [-0.4, -0.2) is 30.7 Å². The summed E-state index contributed by atoms with van der Waals surface area (Å²) in [6.45, 7) is -0.0799. The van der Waals surface area contributed by atoms with Crippen LogP contribution in [0.5, 0.6) is 11.5 Å². The molecule has 0 saturated carbocycles. The molecule has 2 rings (SSSR count). The van der Waals surface area contributed by atoms with Crippen LogP contribution < -0.4 is 14.8 Å². The minimum atomic E-state index is -1.11. The number of carbonyl (C=O) groups excluding carboxylic acids is 1. The molecule has 2 aromatic carbocycles. The van der Waals surface area contributed by atoms with E-state index in [4.69, 9.17) is 14.6 Å². The highest BCUT2D eigenvalue weighted by Crippen LogP contribution is 2.19. The van der Waals surface area contributed by atoms with Crippen molar-refractivity contribution >= 4 is 11.9 Å². The highest BCUT2D eigenvalue weighted by atomic mass is 19.1. The van der Waals surface area contributed by atoms with Gasteiger partial charge < -0.3 is 19.9 Å². The lowest BCUT2D eigenvalue weighted by Gasteiger charge is -2.10. The van der Waals surface area contributed by atoms with E-state index in [0.717, 1.165) is 0 Å². The molecule has 0 saturated heterocycles. The fourth-order valence-electron chi connectivity index (χ4n) is 1.96. The first kappa shape index (κ1) is 17.3. The third-order valence-corrected chi connectivity index (χ3v) is 3.17. The predicted octanol–water partition coefficient (Wildman–Crippen LogP) is 2.23. The van der Waals surface area contributed by atoms with E-state index in [1.54, 1.807) is 6.07 Å². The van der Waals surface area contributed by atoms with Gasteiger partial charge in [0.05, 0.1) is 7.11 Å². The summed E-state index contributed by atoms with van der Waals surface area (Å²) in [5.41, 5.74) is 0.634. The quantitative estimate of drug-likeness (QED) is 0.812. The van der Waals surface area contributed by atoms with Gasteiger partial charge in [0.15, 0.2) is 6.61 Å². The Morgan fingerprint density at radius 3 is 2.50 bits per heavy atom. The van der Waals surface area contributed by atoms with Crippen LogP contribution in [0.3, 0.4) is 0 Å². The summed E-state index contributed by atoms with van der Waals surface area (Å²) >= 11 is 0. The monoisotopic (exact) mass is 333 g/mol. The average Bonchev–Trinajstić information content (AvgIpc) is 2.59. The van der Waals surface area contributed by atoms with Crippen LogP contribution in [0.25, 0.3) is 0 Å². The maximum atomic E-state index is 12.8. The van der Waals surface area contributed by atoms with Crippen molar-refractivity contribution in [1.82, 2.24) is 5.32 Å². The van der Waals surface area contributed by atoms with E-state index in [-0.39, 0.29) is 36.2 Å². The Labute approximate surface area is 137 Å². The number of methoxy groups -OCH3 is 1. The molecule has 2 aromatic rings. The number of aromatic carboxylic acids is 1. The number of carboxylic acid groups (broad SMARTS) is 1. The van der Waals surface area contributed by atoms with Crippen molar-refractivity contribution in [2.75, 3.05) is 13.7 Å². The summed E-state index contributed by atoms with van der Waals surface area (Å²) in [7, 11) is 1.38. The molecule has 126 valence electrons. The molecule has 0 atom stereocenters. The van der Waals surface area contributed by atoms with Gasteiger partial charge in [-0.15, -0.1) is 0 Å². The first-order valence-electron chi connectivity index (χ1n) is 7.05. The number of rotatable bonds is 7. The standard InChI is InChI=1S/C17H16FNO5/c1-23-15-7-2-11(8-14(15)17(21)22)9-19-16(20)10-24-13-5-3-12(18)4-6-13/h2-8H,9-10H2,1H3,(H,19,20)(H,21,22). The van der Waals surface area contributed by atoms with Gasteiger partial charge in [-0.2, -0.15) is 0 Å². The van der Waals surface area contributed by atoms with Crippen LogP contribution in [0.2, 0.25) is 0 Å². The zero-order valence-corrected chi connectivity index (χ0v) is 12.9. The highest BCUT2D eigenvalue weighted by molar-refractivity contribution is 5.91. The second kappa shape index (κ2) is 7.96. The van der Waals surface area contributed by atoms with Crippen molar-refractivity contribution in [3.05, 3.63) is 59.4 Å². The van der Waals surface area contributed by atoms with Gasteiger partial charge in [-0.05, 0) is 42.0 Å². The summed E-state index contributed by atoms with van der Waals surface area (Å²) in [5.74, 6) is -1.26. The number of hydrogen-bond donors (Lipinski definition) is 2. The highest BCUT2D eigenvalue weighted by Gasteiger charge is 2.12. The van der Waals surface area contributed by atoms with E-state index in [0.29, 0.717) is 11.3 Å². The van der Waals surface area contributed by atoms with E-state index >= 15 is 0 Å². The maximum Gasteiger partial charge on any atom is 0.339 e. The predicted molar refractivity (Wildman–Crippen MR) is 83.7 cm³/mol. The van der Waals surface area contributed by atoms with Crippen LogP contribution in [0.15, 0.2) is 42.5 Å². The van der Waals surface area contributed by atoms with Crippen LogP contribution >= 0.6 is 0 Å². The van der Waals surface area contributed by atoms with Crippen LogP contribution in [0, 0.1) is 5.82 Å². The molecule has 0 aliphatic carbocycles. The van der Waals surface area contributed by atoms with E-state index in [2.05, 4.69) is 5.32 Å². The van der Waals surface area contributed by atoms with E-state index in [1.165, 1.54) is 43.5 Å². The fourth-order valence-corrected chi connectivity index (χ4v) is 1.96. The van der Waals surface area contributed by atoms with E-state index in [1.807, 2.05) is 0 Å². The maximum absolute atomic E-state index is 12.8. The summed E-state index contributed by atoms with van der Waals surface area (Å²) in [4.78, 5) is 22.9. The molecular formula is C17H16FNO5. The lowest BCUT2D eigenvalue weighted by atomic mass is 10.1. The zero-order valence-electron chi connectivity index (χ0n) is 12.9. The molecule has 7 heteroatoms. The topological polar surface area (TPSA) is 84.9 Å². The molecule has 0 aromatic heterocycles. The third kappa shape index (κ3) is 4.70. The zero-order chi connectivity index (χ0) is 17.5. The van der Waals surface area contributed by atoms with Crippen LogP contribution in [0.1, 0.15) is 15.9 Å². The number of carbonyl (C=O) groups is 2. The number of hydrogen-bond acceptors (Lipinski definition) is 4. The SMILES string of the molecule is COc1ccc(CNC(=O)COc2ccc(F)cc2)cc1C(=O)O. The molecule has 1 amide bonds. The minimum absolute atomic E-state index is 0.0202. The van der Waals surface area contributed by atoms with Crippen molar-refractivity contribution in [2.24, 2.45) is 0 Å². The summed E-state index contributed by atoms with van der Waals surface area (Å²) < 4.78 is 22.9. The molecule has 6 nitrogen and oxygen atoms in total. The Morgan fingerprint density at radius 1 is 1.17 bits per heavy atom. The number of ether oxygens (including phenoxy) is 2. The lowest BCUT2D eigenvalue weighted by Crippen LogP contribution is -2.28. The van der Waals surface area contributed by atoms with Gasteiger partial charge in [-0.1, -0.05) is 6.07 Å². The van der Waals surface area contributed by atoms with Crippen molar-refractivity contribution < 1.29 is 28.6 Å². The van der Waals surface area contributed by atoms with Crippen molar-refractivity contribution in [3.63, 3.8) is 0 Å². The summed E-state index contributed by atoms with van der Waals surface area (Å²) in [6, 6.07) is 9.93. The third-order valence-electron chi connectivity index (χ3n) is 3.17. The van der Waals surface area contributed by atoms with Gasteiger partial charge in [-0.25, -0.2) is 9.18 Å². The first-order chi connectivity index (χ1) is 11.5. The Balaban J connectivity index is 1.88. The van der Waals surface area contributed by atoms with Crippen LogP contribution in [0.4, 0.5) is 4.39 Å². The average molecular weight is 333 g/mol. The summed E-state index contributed by atoms with van der Waals surface area (Å²) in [5, 5.41) is 11.7. The second-order valence-corrected chi connectivity index (χ2v) is 4.86. The van der Waals surface area contributed by atoms with Gasteiger partial charge in [-0.3, -0.25) is 4.79 Å². The van der Waals surface area contributed by atoms with Crippen molar-refractivity contribution in [3.8, 4) is 11.5 Å². The van der Waals surface area contributed by atoms with Gasteiger partial charge in [0.2, 0.25) is 0 Å². The molecule has 0 radical (unpaired) electrons. The van der Waals surface area contributed by atoms with Crippen LogP contribution in [-0.2, 0) is 11.3 Å². The fraction of sp³-hybridized carbons (Fsp3) is 0.176. The first-order valence-corrected chi connectivity index (χ1v) is 7.05. The smallest absolute Gasteiger partial charge is 0.339 e. The molecular weight excluding hydrogens is 317 g/mol. The van der Waals surface area contributed by atoms with Gasteiger partial charge in [0.1, 0.15) is 22.9 Å². The van der Waals surface area contributed by atoms with Gasteiger partial charge >= 0.3 is 5.97 Å². The number of carboxylic acids is 1. The molecule has 0 unspecified atom stereocenters. The largest absolute Gasteiger partial charge is 0.496 e. The Bertz CT molecular complexity index is 730. The van der Waals surface area contributed by atoms with Crippen molar-refractivity contribution in [2.45, 2.75) is 6.54 Å². The molecule has 0 bridgehead atoms. The Hall–Kier alpha value is -3.09. The van der Waals surface area contributed by atoms with E-state index in [9.17, 15) is 14.0 Å². The lowest BCUT2D eigenvalue weighted by molar-refractivity contribution is -0.123. The molecule has 0 heterocycles. The Morgan fingerprint density at radius 2 is 1.88 bits per heavy atom. The summed E-state index contributed by atoms with van der Waals surface area (Å²) in [6.07, 6.45) is 0.